The molecule has 3 unspecified atom stereocenters. The van der Waals surface area contributed by atoms with Crippen LogP contribution in [-0.2, 0) is 4.79 Å². The maximum absolute atomic E-state index is 11.3. The van der Waals surface area contributed by atoms with Crippen molar-refractivity contribution in [3.63, 3.8) is 0 Å². The van der Waals surface area contributed by atoms with Crippen molar-refractivity contribution in [2.24, 2.45) is 17.8 Å². The Morgan fingerprint density at radius 3 is 2.20 bits per heavy atom. The molecule has 2 heteroatoms. The van der Waals surface area contributed by atoms with Crippen LogP contribution in [0.25, 0.3) is 0 Å². The van der Waals surface area contributed by atoms with Crippen molar-refractivity contribution in [1.29, 1.82) is 0 Å². The van der Waals surface area contributed by atoms with E-state index in [-0.39, 0.29) is 5.92 Å². The summed E-state index contributed by atoms with van der Waals surface area (Å²) in [4.78, 5) is 11.3. The minimum absolute atomic E-state index is 0.0595. The summed E-state index contributed by atoms with van der Waals surface area (Å²) in [5.74, 6) is 0.554. The number of hydrogen-bond donors (Lipinski definition) is 1. The van der Waals surface area contributed by atoms with Crippen LogP contribution in [0.15, 0.2) is 0 Å². The van der Waals surface area contributed by atoms with Crippen LogP contribution in [0.1, 0.15) is 90.9 Å². The minimum atomic E-state index is -0.554. The molecule has 0 saturated heterocycles. The van der Waals surface area contributed by atoms with Crippen molar-refractivity contribution in [2.45, 2.75) is 90.9 Å². The molecular weight excluding hydrogens is 248 g/mol. The molecule has 2 nitrogen and oxygen atoms in total. The lowest BCUT2D eigenvalue weighted by molar-refractivity contribution is -0.145. The minimum Gasteiger partial charge on any atom is -0.481 e. The number of aliphatic carboxylic acids is 1. The van der Waals surface area contributed by atoms with Gasteiger partial charge in [0.15, 0.2) is 0 Å². The molecule has 118 valence electrons. The van der Waals surface area contributed by atoms with E-state index in [1.807, 2.05) is 0 Å². The molecule has 20 heavy (non-hydrogen) atoms. The van der Waals surface area contributed by atoms with Gasteiger partial charge in [-0.25, -0.2) is 0 Å². The second-order valence-corrected chi connectivity index (χ2v) is 6.89. The first-order chi connectivity index (χ1) is 9.65. The lowest BCUT2D eigenvalue weighted by Gasteiger charge is -2.32. The molecule has 0 aromatic rings. The van der Waals surface area contributed by atoms with Crippen LogP contribution in [0.4, 0.5) is 0 Å². The first-order valence-corrected chi connectivity index (χ1v) is 8.88. The van der Waals surface area contributed by atoms with Gasteiger partial charge in [0.1, 0.15) is 0 Å². The quantitative estimate of drug-likeness (QED) is 0.525. The molecule has 0 aliphatic heterocycles. The van der Waals surface area contributed by atoms with Gasteiger partial charge < -0.3 is 5.11 Å². The highest BCUT2D eigenvalue weighted by Crippen LogP contribution is 2.37. The van der Waals surface area contributed by atoms with Gasteiger partial charge in [-0.2, -0.15) is 0 Å². The van der Waals surface area contributed by atoms with E-state index in [0.717, 1.165) is 31.6 Å². The Morgan fingerprint density at radius 2 is 1.60 bits per heavy atom. The molecule has 1 aliphatic rings. The zero-order valence-electron chi connectivity index (χ0n) is 13.6. The first kappa shape index (κ1) is 17.5. The van der Waals surface area contributed by atoms with Crippen LogP contribution in [0, 0.1) is 17.8 Å². The standard InChI is InChI=1S/C18H34O2/c1-3-4-5-6-7-8-9-10-11-16-14-15(2)12-13-17(16)18(19)20/h15-17H,3-14H2,1-2H3,(H,19,20). The van der Waals surface area contributed by atoms with Crippen LogP contribution in [0.2, 0.25) is 0 Å². The largest absolute Gasteiger partial charge is 0.481 e. The van der Waals surface area contributed by atoms with Crippen LogP contribution >= 0.6 is 0 Å². The highest BCUT2D eigenvalue weighted by atomic mass is 16.4. The van der Waals surface area contributed by atoms with Gasteiger partial charge in [0.2, 0.25) is 0 Å². The number of hydrogen-bond acceptors (Lipinski definition) is 1. The van der Waals surface area contributed by atoms with Crippen LogP contribution < -0.4 is 0 Å². The predicted octanol–water partition coefficient (Wildman–Crippen LogP) is 5.65. The zero-order valence-corrected chi connectivity index (χ0v) is 13.6. The van der Waals surface area contributed by atoms with Gasteiger partial charge in [-0.3, -0.25) is 4.79 Å². The van der Waals surface area contributed by atoms with E-state index in [0.29, 0.717) is 5.92 Å². The average Bonchev–Trinajstić information content (AvgIpc) is 2.41. The van der Waals surface area contributed by atoms with E-state index in [1.54, 1.807) is 0 Å². The van der Waals surface area contributed by atoms with Crippen LogP contribution in [-0.4, -0.2) is 11.1 Å². The van der Waals surface area contributed by atoms with Crippen molar-refractivity contribution in [3.05, 3.63) is 0 Å². The molecule has 0 aromatic carbocycles. The number of rotatable bonds is 10. The summed E-state index contributed by atoms with van der Waals surface area (Å²) in [7, 11) is 0. The highest BCUT2D eigenvalue weighted by Gasteiger charge is 2.32. The van der Waals surface area contributed by atoms with E-state index < -0.39 is 5.97 Å². The van der Waals surface area contributed by atoms with Gasteiger partial charge in [-0.1, -0.05) is 65.2 Å². The Balaban J connectivity index is 2.10. The van der Waals surface area contributed by atoms with Crippen molar-refractivity contribution >= 4 is 5.97 Å². The van der Waals surface area contributed by atoms with E-state index in [9.17, 15) is 9.90 Å². The maximum Gasteiger partial charge on any atom is 0.306 e. The molecule has 1 N–H and O–H groups in total. The fraction of sp³-hybridized carbons (Fsp3) is 0.944. The predicted molar refractivity (Wildman–Crippen MR) is 84.9 cm³/mol. The van der Waals surface area contributed by atoms with Gasteiger partial charge in [-0.05, 0) is 37.5 Å². The lowest BCUT2D eigenvalue weighted by atomic mass is 9.72. The summed E-state index contributed by atoms with van der Waals surface area (Å²) in [6, 6.07) is 0. The SMILES string of the molecule is CCCCCCCCCCC1CC(C)CCC1C(=O)O. The topological polar surface area (TPSA) is 37.3 Å². The average molecular weight is 282 g/mol. The summed E-state index contributed by atoms with van der Waals surface area (Å²) in [5, 5.41) is 9.32. The summed E-state index contributed by atoms with van der Waals surface area (Å²) in [6.07, 6.45) is 15.0. The molecule has 0 radical (unpaired) electrons. The number of carboxylic acid groups (broad SMARTS) is 1. The van der Waals surface area contributed by atoms with Crippen molar-refractivity contribution in [3.8, 4) is 0 Å². The van der Waals surface area contributed by atoms with Crippen molar-refractivity contribution < 1.29 is 9.90 Å². The third kappa shape index (κ3) is 6.76. The Hall–Kier alpha value is -0.530. The van der Waals surface area contributed by atoms with Gasteiger partial charge in [0.25, 0.3) is 0 Å². The molecule has 0 aromatic heterocycles. The molecule has 1 fully saturated rings. The third-order valence-electron chi connectivity index (χ3n) is 4.99. The van der Waals surface area contributed by atoms with Crippen LogP contribution in [0.3, 0.4) is 0 Å². The maximum atomic E-state index is 11.3. The molecule has 3 atom stereocenters. The Labute approximate surface area is 125 Å². The fourth-order valence-electron chi connectivity index (χ4n) is 3.68. The lowest BCUT2D eigenvalue weighted by Crippen LogP contribution is -2.29. The zero-order chi connectivity index (χ0) is 14.8. The van der Waals surface area contributed by atoms with Crippen molar-refractivity contribution in [1.82, 2.24) is 0 Å². The molecule has 1 saturated carbocycles. The van der Waals surface area contributed by atoms with E-state index in [1.165, 1.54) is 51.4 Å². The second kappa shape index (κ2) is 10.2. The second-order valence-electron chi connectivity index (χ2n) is 6.89. The first-order valence-electron chi connectivity index (χ1n) is 8.88. The molecule has 0 spiro atoms. The van der Waals surface area contributed by atoms with Crippen LogP contribution in [0.5, 0.6) is 0 Å². The Bertz CT molecular complexity index is 262. The third-order valence-corrected chi connectivity index (χ3v) is 4.99. The van der Waals surface area contributed by atoms with Gasteiger partial charge in [0, 0.05) is 0 Å². The highest BCUT2D eigenvalue weighted by molar-refractivity contribution is 5.70. The van der Waals surface area contributed by atoms with E-state index in [4.69, 9.17) is 0 Å². The monoisotopic (exact) mass is 282 g/mol. The van der Waals surface area contributed by atoms with Gasteiger partial charge >= 0.3 is 5.97 Å². The summed E-state index contributed by atoms with van der Waals surface area (Å²) < 4.78 is 0. The Kier molecular flexibility index (Phi) is 8.97. The molecule has 1 aliphatic carbocycles. The number of carboxylic acids is 1. The van der Waals surface area contributed by atoms with Crippen molar-refractivity contribution in [2.75, 3.05) is 0 Å². The molecule has 0 bridgehead atoms. The summed E-state index contributed by atoms with van der Waals surface area (Å²) in [6.45, 7) is 4.53. The van der Waals surface area contributed by atoms with Gasteiger partial charge in [0.05, 0.1) is 5.92 Å². The normalized spacial score (nSPS) is 26.6. The van der Waals surface area contributed by atoms with E-state index in [2.05, 4.69) is 13.8 Å². The fourth-order valence-corrected chi connectivity index (χ4v) is 3.68. The smallest absolute Gasteiger partial charge is 0.306 e. The Morgan fingerprint density at radius 1 is 1.00 bits per heavy atom. The summed E-state index contributed by atoms with van der Waals surface area (Å²) >= 11 is 0. The number of unbranched alkanes of at least 4 members (excludes halogenated alkanes) is 7. The number of carbonyl (C=O) groups is 1. The van der Waals surface area contributed by atoms with Gasteiger partial charge in [-0.15, -0.1) is 0 Å². The summed E-state index contributed by atoms with van der Waals surface area (Å²) in [5.41, 5.74) is 0. The molecular formula is C18H34O2. The molecule has 0 heterocycles. The molecule has 0 amide bonds. The molecule has 1 rings (SSSR count). The van der Waals surface area contributed by atoms with E-state index >= 15 is 0 Å².